The maximum Gasteiger partial charge on any atom is 0.340 e. The van der Waals surface area contributed by atoms with Crippen LogP contribution in [0.5, 0.6) is 0 Å². The van der Waals surface area contributed by atoms with Crippen molar-refractivity contribution in [2.75, 3.05) is 7.11 Å². The monoisotopic (exact) mass is 194 g/mol. The van der Waals surface area contributed by atoms with Gasteiger partial charge in [-0.05, 0) is 6.92 Å². The number of furan rings is 1. The van der Waals surface area contributed by atoms with E-state index in [-0.39, 0.29) is 5.63 Å². The number of hydrogen-bond acceptors (Lipinski definition) is 4. The van der Waals surface area contributed by atoms with Gasteiger partial charge in [-0.1, -0.05) is 0 Å². The number of rotatable bonds is 2. The van der Waals surface area contributed by atoms with Crippen molar-refractivity contribution in [1.82, 2.24) is 0 Å². The summed E-state index contributed by atoms with van der Waals surface area (Å²) in [5.41, 5.74) is 1.90. The molecule has 0 spiro atoms. The van der Waals surface area contributed by atoms with Gasteiger partial charge in [-0.25, -0.2) is 4.79 Å². The molecule has 0 bridgehead atoms. The fourth-order valence-electron chi connectivity index (χ4n) is 1.49. The molecule has 0 unspecified atom stereocenters. The summed E-state index contributed by atoms with van der Waals surface area (Å²) < 4.78 is 15.0. The van der Waals surface area contributed by atoms with E-state index in [0.717, 1.165) is 11.1 Å². The minimum atomic E-state index is -0.321. The lowest BCUT2D eigenvalue weighted by Crippen LogP contribution is -1.96. The molecule has 0 fully saturated rings. The number of hydrogen-bond donors (Lipinski definition) is 0. The van der Waals surface area contributed by atoms with Crippen LogP contribution in [0.25, 0.3) is 11.3 Å². The van der Waals surface area contributed by atoms with Crippen molar-refractivity contribution in [1.29, 1.82) is 0 Å². The van der Waals surface area contributed by atoms with E-state index in [1.54, 1.807) is 20.3 Å². The van der Waals surface area contributed by atoms with E-state index >= 15 is 0 Å². The first-order chi connectivity index (χ1) is 6.74. The summed E-state index contributed by atoms with van der Waals surface area (Å²) in [7, 11) is 1.59. The predicted molar refractivity (Wildman–Crippen MR) is 49.3 cm³/mol. The van der Waals surface area contributed by atoms with Crippen molar-refractivity contribution in [3.63, 3.8) is 0 Å². The zero-order valence-electron chi connectivity index (χ0n) is 7.99. The summed E-state index contributed by atoms with van der Waals surface area (Å²) in [6.45, 7) is 2.13. The highest BCUT2D eigenvalue weighted by atomic mass is 16.5. The summed E-state index contributed by atoms with van der Waals surface area (Å²) in [4.78, 5) is 11.2. The Morgan fingerprint density at radius 2 is 2.21 bits per heavy atom. The predicted octanol–water partition coefficient (Wildman–Crippen LogP) is 1.79. The molecule has 0 saturated carbocycles. The lowest BCUT2D eigenvalue weighted by atomic mass is 10.1. The van der Waals surface area contributed by atoms with Gasteiger partial charge in [0.25, 0.3) is 0 Å². The Morgan fingerprint density at radius 3 is 2.93 bits per heavy atom. The number of ether oxygens (including phenoxy) is 1. The van der Waals surface area contributed by atoms with E-state index in [2.05, 4.69) is 0 Å². The molecular formula is C10H10O4. The molecule has 0 aromatic heterocycles. The molecule has 4 nitrogen and oxygen atoms in total. The zero-order chi connectivity index (χ0) is 10.1. The minimum Gasteiger partial charge on any atom is -0.468 e. The van der Waals surface area contributed by atoms with Crippen LogP contribution in [0.1, 0.15) is 11.1 Å². The van der Waals surface area contributed by atoms with Crippen LogP contribution in [0.15, 0.2) is 26.2 Å². The molecule has 0 N–H and O–H groups in total. The van der Waals surface area contributed by atoms with E-state index in [0.29, 0.717) is 17.9 Å². The van der Waals surface area contributed by atoms with Gasteiger partial charge in [-0.2, -0.15) is 0 Å². The maximum atomic E-state index is 11.2. The molecule has 74 valence electrons. The Hall–Kier alpha value is -1.55. The molecule has 14 heavy (non-hydrogen) atoms. The summed E-state index contributed by atoms with van der Waals surface area (Å²) in [6.07, 6.45) is 2.98. The highest BCUT2D eigenvalue weighted by molar-refractivity contribution is 5.65. The third kappa shape index (κ3) is 1.24. The zero-order valence-corrected chi connectivity index (χ0v) is 7.99. The van der Waals surface area contributed by atoms with Crippen molar-refractivity contribution >= 4 is 0 Å². The molecule has 0 saturated heterocycles. The minimum absolute atomic E-state index is 0.321. The first-order valence-electron chi connectivity index (χ1n) is 4.21. The Labute approximate surface area is 80.4 Å². The average molecular weight is 194 g/mol. The second kappa shape index (κ2) is 3.31. The van der Waals surface area contributed by atoms with Crippen LogP contribution < -0.4 is 5.63 Å². The lowest BCUT2D eigenvalue weighted by molar-refractivity contribution is 0.183. The van der Waals surface area contributed by atoms with Crippen LogP contribution >= 0.6 is 0 Å². The lowest BCUT2D eigenvalue weighted by Gasteiger charge is -2.04. The Kier molecular flexibility index (Phi) is 2.13. The number of fused-ring (bicyclic) bond motifs is 1. The first kappa shape index (κ1) is 9.02. The summed E-state index contributed by atoms with van der Waals surface area (Å²) in [5, 5.41) is 0. The molecule has 4 heteroatoms. The largest absolute Gasteiger partial charge is 0.468 e. The van der Waals surface area contributed by atoms with E-state index < -0.39 is 0 Å². The highest BCUT2D eigenvalue weighted by Gasteiger charge is 2.18. The molecule has 2 heterocycles. The molecule has 0 atom stereocenters. The number of methoxy groups -OCH3 is 1. The molecule has 2 rings (SSSR count). The van der Waals surface area contributed by atoms with E-state index in [9.17, 15) is 4.79 Å². The SMILES string of the molecule is COCc1cocc2oc(=O)c(C)c1-2. The second-order valence-corrected chi connectivity index (χ2v) is 3.08. The van der Waals surface area contributed by atoms with Gasteiger partial charge in [-0.3, -0.25) is 0 Å². The summed E-state index contributed by atoms with van der Waals surface area (Å²) >= 11 is 0. The molecule has 0 aromatic rings. The van der Waals surface area contributed by atoms with Gasteiger partial charge in [0.05, 0.1) is 12.9 Å². The third-order valence-corrected chi connectivity index (χ3v) is 2.14. The van der Waals surface area contributed by atoms with E-state index in [4.69, 9.17) is 13.6 Å². The van der Waals surface area contributed by atoms with Crippen LogP contribution in [-0.4, -0.2) is 7.11 Å². The molecule has 2 aliphatic heterocycles. The summed E-state index contributed by atoms with van der Waals surface area (Å²) in [6, 6.07) is 0. The second-order valence-electron chi connectivity index (χ2n) is 3.08. The van der Waals surface area contributed by atoms with Crippen molar-refractivity contribution in [3.05, 3.63) is 34.1 Å². The van der Waals surface area contributed by atoms with Gasteiger partial charge >= 0.3 is 5.63 Å². The first-order valence-corrected chi connectivity index (χ1v) is 4.21. The molecule has 0 aliphatic carbocycles. The standard InChI is InChI=1S/C10H10O4/c1-6-9-7(3-12-2)4-13-5-8(9)14-10(6)11/h4-5H,3H2,1-2H3. The smallest absolute Gasteiger partial charge is 0.340 e. The van der Waals surface area contributed by atoms with Crippen molar-refractivity contribution in [3.8, 4) is 11.3 Å². The molecule has 2 aliphatic rings. The third-order valence-electron chi connectivity index (χ3n) is 2.14. The van der Waals surface area contributed by atoms with Crippen molar-refractivity contribution in [2.24, 2.45) is 0 Å². The van der Waals surface area contributed by atoms with Crippen LogP contribution in [-0.2, 0) is 11.3 Å². The quantitative estimate of drug-likeness (QED) is 0.731. The van der Waals surface area contributed by atoms with Crippen molar-refractivity contribution in [2.45, 2.75) is 13.5 Å². The molecule has 0 aromatic carbocycles. The van der Waals surface area contributed by atoms with Gasteiger partial charge in [0.1, 0.15) is 6.26 Å². The van der Waals surface area contributed by atoms with Crippen LogP contribution in [0.2, 0.25) is 0 Å². The fourth-order valence-corrected chi connectivity index (χ4v) is 1.49. The van der Waals surface area contributed by atoms with Crippen LogP contribution in [0, 0.1) is 6.92 Å². The molecule has 0 radical (unpaired) electrons. The topological polar surface area (TPSA) is 52.6 Å². The summed E-state index contributed by atoms with van der Waals surface area (Å²) in [5.74, 6) is 0.474. The maximum absolute atomic E-state index is 11.2. The molecule has 0 amide bonds. The fraction of sp³-hybridized carbons (Fsp3) is 0.300. The van der Waals surface area contributed by atoms with Gasteiger partial charge < -0.3 is 13.6 Å². The normalized spacial score (nSPS) is 11.0. The average Bonchev–Trinajstić information content (AvgIpc) is 2.45. The van der Waals surface area contributed by atoms with Crippen LogP contribution in [0.4, 0.5) is 0 Å². The highest BCUT2D eigenvalue weighted by Crippen LogP contribution is 2.28. The van der Waals surface area contributed by atoms with Gasteiger partial charge in [0.15, 0.2) is 5.76 Å². The Balaban J connectivity index is 2.69. The van der Waals surface area contributed by atoms with Gasteiger partial charge in [0.2, 0.25) is 0 Å². The Morgan fingerprint density at radius 1 is 1.43 bits per heavy atom. The van der Waals surface area contributed by atoms with E-state index in [1.165, 1.54) is 6.26 Å². The Bertz CT molecular complexity index is 466. The van der Waals surface area contributed by atoms with Gasteiger partial charge in [-0.15, -0.1) is 0 Å². The van der Waals surface area contributed by atoms with E-state index in [1.807, 2.05) is 0 Å². The van der Waals surface area contributed by atoms with Gasteiger partial charge in [0, 0.05) is 23.8 Å². The van der Waals surface area contributed by atoms with Crippen molar-refractivity contribution < 1.29 is 13.6 Å². The van der Waals surface area contributed by atoms with Crippen LogP contribution in [0.3, 0.4) is 0 Å². The molecular weight excluding hydrogens is 184 g/mol.